The van der Waals surface area contributed by atoms with Gasteiger partial charge in [0.2, 0.25) is 10.0 Å². The zero-order valence-corrected chi connectivity index (χ0v) is 10.8. The van der Waals surface area contributed by atoms with Crippen molar-refractivity contribution < 1.29 is 13.5 Å². The molecule has 0 unspecified atom stereocenters. The van der Waals surface area contributed by atoms with Crippen LogP contribution in [0, 0.1) is 5.92 Å². The number of nitrogens with zero attached hydrogens (tertiary/aromatic N) is 2. The van der Waals surface area contributed by atoms with E-state index in [0.717, 1.165) is 0 Å². The SMILES string of the molecule is Nc1ccc(S(=O)(=O)N2CCC(CO)CC2)cn1. The molecule has 0 aliphatic carbocycles. The number of aromatic nitrogens is 1. The maximum Gasteiger partial charge on any atom is 0.244 e. The van der Waals surface area contributed by atoms with Gasteiger partial charge in [0.05, 0.1) is 0 Å². The van der Waals surface area contributed by atoms with Crippen molar-refractivity contribution in [2.75, 3.05) is 25.4 Å². The monoisotopic (exact) mass is 271 g/mol. The quantitative estimate of drug-likeness (QED) is 0.810. The molecule has 1 fully saturated rings. The fraction of sp³-hybridized carbons (Fsp3) is 0.545. The van der Waals surface area contributed by atoms with E-state index in [4.69, 9.17) is 10.8 Å². The molecule has 1 aromatic heterocycles. The van der Waals surface area contributed by atoms with E-state index >= 15 is 0 Å². The molecule has 1 aromatic rings. The van der Waals surface area contributed by atoms with Gasteiger partial charge in [0.25, 0.3) is 0 Å². The molecule has 0 saturated carbocycles. The van der Waals surface area contributed by atoms with Gasteiger partial charge < -0.3 is 10.8 Å². The van der Waals surface area contributed by atoms with Crippen molar-refractivity contribution in [3.05, 3.63) is 18.3 Å². The van der Waals surface area contributed by atoms with Crippen molar-refractivity contribution in [3.63, 3.8) is 0 Å². The van der Waals surface area contributed by atoms with Crippen LogP contribution in [0.3, 0.4) is 0 Å². The molecule has 1 aliphatic heterocycles. The zero-order chi connectivity index (χ0) is 13.2. The van der Waals surface area contributed by atoms with E-state index in [2.05, 4.69) is 4.98 Å². The molecule has 100 valence electrons. The Morgan fingerprint density at radius 3 is 2.56 bits per heavy atom. The van der Waals surface area contributed by atoms with Crippen LogP contribution in [0.25, 0.3) is 0 Å². The van der Waals surface area contributed by atoms with Crippen LogP contribution in [-0.2, 0) is 10.0 Å². The minimum Gasteiger partial charge on any atom is -0.396 e. The van der Waals surface area contributed by atoms with Crippen molar-refractivity contribution in [1.29, 1.82) is 0 Å². The second-order valence-electron chi connectivity index (χ2n) is 4.45. The van der Waals surface area contributed by atoms with Crippen LogP contribution >= 0.6 is 0 Å². The van der Waals surface area contributed by atoms with Gasteiger partial charge in [-0.05, 0) is 30.9 Å². The molecule has 3 N–H and O–H groups in total. The number of nitrogen functional groups attached to an aromatic ring is 1. The van der Waals surface area contributed by atoms with E-state index in [9.17, 15) is 8.42 Å². The van der Waals surface area contributed by atoms with E-state index < -0.39 is 10.0 Å². The molecule has 1 aliphatic rings. The molecule has 0 amide bonds. The fourth-order valence-corrected chi connectivity index (χ4v) is 3.44. The van der Waals surface area contributed by atoms with Crippen molar-refractivity contribution in [3.8, 4) is 0 Å². The van der Waals surface area contributed by atoms with Crippen LogP contribution in [0.1, 0.15) is 12.8 Å². The largest absolute Gasteiger partial charge is 0.396 e. The van der Waals surface area contributed by atoms with E-state index in [-0.39, 0.29) is 17.4 Å². The van der Waals surface area contributed by atoms with Gasteiger partial charge in [-0.1, -0.05) is 0 Å². The Morgan fingerprint density at radius 2 is 2.06 bits per heavy atom. The number of anilines is 1. The lowest BCUT2D eigenvalue weighted by Gasteiger charge is -2.30. The molecular formula is C11H17N3O3S. The van der Waals surface area contributed by atoms with Crippen LogP contribution in [0.15, 0.2) is 23.2 Å². The first-order valence-corrected chi connectivity index (χ1v) is 7.30. The summed E-state index contributed by atoms with van der Waals surface area (Å²) in [5.74, 6) is 0.508. The second kappa shape index (κ2) is 5.21. The van der Waals surface area contributed by atoms with Gasteiger partial charge in [-0.3, -0.25) is 0 Å². The predicted molar refractivity (Wildman–Crippen MR) is 67.2 cm³/mol. The third kappa shape index (κ3) is 2.63. The number of hydrogen-bond donors (Lipinski definition) is 2. The number of rotatable bonds is 3. The summed E-state index contributed by atoms with van der Waals surface area (Å²) in [4.78, 5) is 3.97. The third-order valence-corrected chi connectivity index (χ3v) is 5.11. The first kappa shape index (κ1) is 13.3. The van der Waals surface area contributed by atoms with Gasteiger partial charge in [0.1, 0.15) is 10.7 Å². The summed E-state index contributed by atoms with van der Waals surface area (Å²) >= 11 is 0. The van der Waals surface area contributed by atoms with E-state index in [1.165, 1.54) is 22.6 Å². The highest BCUT2D eigenvalue weighted by Crippen LogP contribution is 2.23. The topological polar surface area (TPSA) is 96.5 Å². The Morgan fingerprint density at radius 1 is 1.39 bits per heavy atom. The predicted octanol–water partition coefficient (Wildman–Crippen LogP) is 0.0568. The van der Waals surface area contributed by atoms with Gasteiger partial charge in [-0.2, -0.15) is 4.31 Å². The van der Waals surface area contributed by atoms with Crippen molar-refractivity contribution in [2.45, 2.75) is 17.7 Å². The molecular weight excluding hydrogens is 254 g/mol. The van der Waals surface area contributed by atoms with Crippen LogP contribution < -0.4 is 5.73 Å². The number of sulfonamides is 1. The number of hydrogen-bond acceptors (Lipinski definition) is 5. The lowest BCUT2D eigenvalue weighted by atomic mass is 10.00. The summed E-state index contributed by atoms with van der Waals surface area (Å²) in [7, 11) is -3.48. The highest BCUT2D eigenvalue weighted by molar-refractivity contribution is 7.89. The molecule has 6 nitrogen and oxygen atoms in total. The summed E-state index contributed by atoms with van der Waals surface area (Å²) in [6.07, 6.45) is 2.67. The highest BCUT2D eigenvalue weighted by atomic mass is 32.2. The van der Waals surface area contributed by atoms with E-state index in [0.29, 0.717) is 31.7 Å². The van der Waals surface area contributed by atoms with Gasteiger partial charge in [-0.25, -0.2) is 13.4 Å². The first-order chi connectivity index (χ1) is 8.54. The Labute approximate surface area is 106 Å². The normalized spacial score (nSPS) is 18.9. The fourth-order valence-electron chi connectivity index (χ4n) is 2.03. The molecule has 0 aromatic carbocycles. The van der Waals surface area contributed by atoms with Crippen molar-refractivity contribution in [2.24, 2.45) is 5.92 Å². The van der Waals surface area contributed by atoms with Crippen LogP contribution in [0.4, 0.5) is 5.82 Å². The van der Waals surface area contributed by atoms with Gasteiger partial charge >= 0.3 is 0 Å². The summed E-state index contributed by atoms with van der Waals surface area (Å²) in [6.45, 7) is 1.01. The second-order valence-corrected chi connectivity index (χ2v) is 6.39. The summed E-state index contributed by atoms with van der Waals surface area (Å²) in [5.41, 5.74) is 5.44. The molecule has 2 rings (SSSR count). The third-order valence-electron chi connectivity index (χ3n) is 3.23. The average Bonchev–Trinajstić information content (AvgIpc) is 2.39. The van der Waals surface area contributed by atoms with E-state index in [1.807, 2.05) is 0 Å². The highest BCUT2D eigenvalue weighted by Gasteiger charge is 2.29. The molecule has 1 saturated heterocycles. The number of aliphatic hydroxyl groups is 1. The zero-order valence-electron chi connectivity index (χ0n) is 9.99. The number of aliphatic hydroxyl groups excluding tert-OH is 1. The maximum atomic E-state index is 12.3. The Kier molecular flexibility index (Phi) is 3.84. The minimum absolute atomic E-state index is 0.122. The van der Waals surface area contributed by atoms with Crippen molar-refractivity contribution >= 4 is 15.8 Å². The molecule has 2 heterocycles. The Balaban J connectivity index is 2.15. The van der Waals surface area contributed by atoms with Crippen LogP contribution in [0.2, 0.25) is 0 Å². The minimum atomic E-state index is -3.48. The molecule has 0 radical (unpaired) electrons. The van der Waals surface area contributed by atoms with Crippen molar-refractivity contribution in [1.82, 2.24) is 9.29 Å². The lowest BCUT2D eigenvalue weighted by Crippen LogP contribution is -2.39. The van der Waals surface area contributed by atoms with Crippen LogP contribution in [0.5, 0.6) is 0 Å². The molecule has 7 heteroatoms. The standard InChI is InChI=1S/C11H17N3O3S/c12-11-2-1-10(7-13-11)18(16,17)14-5-3-9(8-15)4-6-14/h1-2,7,9,15H,3-6,8H2,(H2,12,13). The molecule has 18 heavy (non-hydrogen) atoms. The summed E-state index contributed by atoms with van der Waals surface area (Å²) in [5, 5.41) is 9.04. The Bertz CT molecular complexity index is 493. The van der Waals surface area contributed by atoms with Gasteiger partial charge in [0.15, 0.2) is 0 Å². The smallest absolute Gasteiger partial charge is 0.244 e. The number of piperidine rings is 1. The van der Waals surface area contributed by atoms with Crippen LogP contribution in [-0.4, -0.2) is 42.5 Å². The summed E-state index contributed by atoms with van der Waals surface area (Å²) in [6, 6.07) is 2.95. The summed E-state index contributed by atoms with van der Waals surface area (Å²) < 4.78 is 26.0. The van der Waals surface area contributed by atoms with E-state index in [1.54, 1.807) is 0 Å². The van der Waals surface area contributed by atoms with Gasteiger partial charge in [0, 0.05) is 25.9 Å². The maximum absolute atomic E-state index is 12.3. The Hall–Kier alpha value is -1.18. The molecule has 0 bridgehead atoms. The molecule has 0 spiro atoms. The molecule has 0 atom stereocenters. The first-order valence-electron chi connectivity index (χ1n) is 5.86. The van der Waals surface area contributed by atoms with Gasteiger partial charge in [-0.15, -0.1) is 0 Å². The average molecular weight is 271 g/mol. The number of nitrogens with two attached hydrogens (primary N) is 1. The number of pyridine rings is 1. The lowest BCUT2D eigenvalue weighted by molar-refractivity contribution is 0.170.